The first-order valence-electron chi connectivity index (χ1n) is 8.67. The summed E-state index contributed by atoms with van der Waals surface area (Å²) >= 11 is 1.20. The predicted octanol–water partition coefficient (Wildman–Crippen LogP) is 5.57. The molecule has 1 amide bonds. The summed E-state index contributed by atoms with van der Waals surface area (Å²) in [5, 5.41) is 1.41. The molecule has 4 aromatic rings. The molecule has 2 N–H and O–H groups in total. The van der Waals surface area contributed by atoms with Gasteiger partial charge in [0.05, 0.1) is 11.3 Å². The Bertz CT molecular complexity index is 1220. The number of rotatable bonds is 4. The summed E-state index contributed by atoms with van der Waals surface area (Å²) in [4.78, 5) is 16.4. The second-order valence-electron chi connectivity index (χ2n) is 6.60. The monoisotopic (exact) mass is 416 g/mol. The summed E-state index contributed by atoms with van der Waals surface area (Å²) in [6.45, 7) is 1.72. The van der Waals surface area contributed by atoms with Gasteiger partial charge in [-0.25, -0.2) is 4.98 Å². The number of fused-ring (bicyclic) bond motifs is 1. The highest BCUT2D eigenvalue weighted by Gasteiger charge is 2.30. The molecular formula is C21H15F3N2O2S. The molecule has 0 unspecified atom stereocenters. The Morgan fingerprint density at radius 2 is 1.93 bits per heavy atom. The second kappa shape index (κ2) is 7.04. The van der Waals surface area contributed by atoms with Gasteiger partial charge in [0.1, 0.15) is 21.2 Å². The van der Waals surface area contributed by atoms with E-state index in [-0.39, 0.29) is 6.42 Å². The number of nitrogens with two attached hydrogens (primary N) is 1. The lowest BCUT2D eigenvalue weighted by atomic mass is 10.1. The Morgan fingerprint density at radius 1 is 1.17 bits per heavy atom. The molecule has 0 atom stereocenters. The highest BCUT2D eigenvalue weighted by Crippen LogP contribution is 2.35. The van der Waals surface area contributed by atoms with E-state index < -0.39 is 17.6 Å². The van der Waals surface area contributed by atoms with Crippen molar-refractivity contribution in [1.29, 1.82) is 0 Å². The summed E-state index contributed by atoms with van der Waals surface area (Å²) in [6, 6.07) is 12.4. The van der Waals surface area contributed by atoms with E-state index in [0.29, 0.717) is 32.5 Å². The number of halogens is 3. The van der Waals surface area contributed by atoms with E-state index >= 15 is 0 Å². The van der Waals surface area contributed by atoms with Crippen LogP contribution in [0.2, 0.25) is 0 Å². The number of carbonyl (C=O) groups excluding carboxylic acids is 1. The molecule has 0 bridgehead atoms. The van der Waals surface area contributed by atoms with Crippen LogP contribution in [0.25, 0.3) is 21.5 Å². The Labute approximate surface area is 167 Å². The molecule has 0 aliphatic heterocycles. The Kier molecular flexibility index (Phi) is 4.66. The molecule has 0 saturated heterocycles. The Hall–Kier alpha value is -3.13. The van der Waals surface area contributed by atoms with Crippen LogP contribution in [0, 0.1) is 6.92 Å². The molecule has 0 fully saturated rings. The van der Waals surface area contributed by atoms with Crippen molar-refractivity contribution in [2.45, 2.75) is 19.5 Å². The SMILES string of the molecule is Cc1nc(-c2cccc3oc(Cc4cccc(C(F)(F)F)c4)cc23)sc1C(N)=O. The van der Waals surface area contributed by atoms with Crippen molar-refractivity contribution in [3.63, 3.8) is 0 Å². The topological polar surface area (TPSA) is 69.1 Å². The third-order valence-electron chi connectivity index (χ3n) is 4.50. The number of thiazole rings is 1. The summed E-state index contributed by atoms with van der Waals surface area (Å²) in [7, 11) is 0. The number of carbonyl (C=O) groups is 1. The highest BCUT2D eigenvalue weighted by atomic mass is 32.1. The second-order valence-corrected chi connectivity index (χ2v) is 7.60. The molecule has 29 heavy (non-hydrogen) atoms. The molecule has 0 radical (unpaired) electrons. The van der Waals surface area contributed by atoms with Crippen molar-refractivity contribution in [2.75, 3.05) is 0 Å². The largest absolute Gasteiger partial charge is 0.461 e. The molecule has 0 aliphatic carbocycles. The molecule has 2 aromatic heterocycles. The van der Waals surface area contributed by atoms with E-state index in [1.54, 1.807) is 31.2 Å². The van der Waals surface area contributed by atoms with Gasteiger partial charge in [-0.3, -0.25) is 4.79 Å². The molecular weight excluding hydrogens is 401 g/mol. The smallest absolute Gasteiger partial charge is 0.416 e. The van der Waals surface area contributed by atoms with Crippen molar-refractivity contribution in [3.8, 4) is 10.6 Å². The van der Waals surface area contributed by atoms with Crippen LogP contribution in [-0.4, -0.2) is 10.9 Å². The summed E-state index contributed by atoms with van der Waals surface area (Å²) in [6.07, 6.45) is -4.17. The first-order chi connectivity index (χ1) is 13.7. The molecule has 148 valence electrons. The third-order valence-corrected chi connectivity index (χ3v) is 5.70. The Balaban J connectivity index is 1.72. The lowest BCUT2D eigenvalue weighted by Gasteiger charge is -2.07. The third kappa shape index (κ3) is 3.75. The lowest BCUT2D eigenvalue weighted by molar-refractivity contribution is -0.137. The molecule has 2 heterocycles. The number of nitrogens with zero attached hydrogens (tertiary/aromatic N) is 1. The van der Waals surface area contributed by atoms with Crippen LogP contribution >= 0.6 is 11.3 Å². The highest BCUT2D eigenvalue weighted by molar-refractivity contribution is 7.17. The van der Waals surface area contributed by atoms with E-state index in [4.69, 9.17) is 10.2 Å². The van der Waals surface area contributed by atoms with Crippen LogP contribution in [-0.2, 0) is 12.6 Å². The number of primary amides is 1. The van der Waals surface area contributed by atoms with Crippen LogP contribution in [0.4, 0.5) is 13.2 Å². The van der Waals surface area contributed by atoms with E-state index in [2.05, 4.69) is 4.98 Å². The first-order valence-corrected chi connectivity index (χ1v) is 9.49. The fourth-order valence-electron chi connectivity index (χ4n) is 3.19. The maximum absolute atomic E-state index is 12.9. The average molecular weight is 416 g/mol. The molecule has 4 nitrogen and oxygen atoms in total. The van der Waals surface area contributed by atoms with Crippen LogP contribution < -0.4 is 5.73 Å². The number of aromatic nitrogens is 1. The number of hydrogen-bond donors (Lipinski definition) is 1. The fraction of sp³-hybridized carbons (Fsp3) is 0.143. The molecule has 2 aromatic carbocycles. The standard InChI is InChI=1S/C21H15F3N2O2S/c1-11-18(19(25)27)29-20(26-11)15-6-3-7-17-16(15)10-14(28-17)9-12-4-2-5-13(8-12)21(22,23)24/h2-8,10H,9H2,1H3,(H2,25,27). The van der Waals surface area contributed by atoms with Crippen LogP contribution in [0.1, 0.15) is 32.3 Å². The lowest BCUT2D eigenvalue weighted by Crippen LogP contribution is -2.09. The van der Waals surface area contributed by atoms with Gasteiger partial charge in [-0.2, -0.15) is 13.2 Å². The van der Waals surface area contributed by atoms with Gasteiger partial charge in [-0.15, -0.1) is 11.3 Å². The van der Waals surface area contributed by atoms with Crippen molar-refractivity contribution in [2.24, 2.45) is 5.73 Å². The summed E-state index contributed by atoms with van der Waals surface area (Å²) < 4.78 is 44.7. The first kappa shape index (κ1) is 19.2. The van der Waals surface area contributed by atoms with E-state index in [9.17, 15) is 18.0 Å². The van der Waals surface area contributed by atoms with Gasteiger partial charge in [0.25, 0.3) is 5.91 Å². The van der Waals surface area contributed by atoms with Gasteiger partial charge >= 0.3 is 6.18 Å². The van der Waals surface area contributed by atoms with Crippen molar-refractivity contribution < 1.29 is 22.4 Å². The number of aryl methyl sites for hydroxylation is 1. The molecule has 0 aliphatic rings. The zero-order chi connectivity index (χ0) is 20.8. The quantitative estimate of drug-likeness (QED) is 0.473. The van der Waals surface area contributed by atoms with Gasteiger partial charge in [0.2, 0.25) is 0 Å². The minimum atomic E-state index is -4.39. The minimum Gasteiger partial charge on any atom is -0.461 e. The maximum atomic E-state index is 12.9. The number of benzene rings is 2. The molecule has 8 heteroatoms. The summed E-state index contributed by atoms with van der Waals surface area (Å²) in [5.74, 6) is 0.00558. The number of amides is 1. The van der Waals surface area contributed by atoms with Crippen LogP contribution in [0.5, 0.6) is 0 Å². The van der Waals surface area contributed by atoms with Gasteiger partial charge in [0, 0.05) is 17.4 Å². The molecule has 0 spiro atoms. The zero-order valence-corrected chi connectivity index (χ0v) is 16.0. The molecule has 0 saturated carbocycles. The zero-order valence-electron chi connectivity index (χ0n) is 15.2. The van der Waals surface area contributed by atoms with Gasteiger partial charge < -0.3 is 10.2 Å². The fourth-order valence-corrected chi connectivity index (χ4v) is 4.14. The normalized spacial score (nSPS) is 11.9. The number of hydrogen-bond acceptors (Lipinski definition) is 4. The van der Waals surface area contributed by atoms with Crippen LogP contribution in [0.15, 0.2) is 52.9 Å². The number of alkyl halides is 3. The van der Waals surface area contributed by atoms with Gasteiger partial charge in [-0.05, 0) is 30.7 Å². The van der Waals surface area contributed by atoms with Crippen molar-refractivity contribution >= 4 is 28.2 Å². The average Bonchev–Trinajstić information content (AvgIpc) is 3.23. The van der Waals surface area contributed by atoms with E-state index in [1.807, 2.05) is 6.07 Å². The minimum absolute atomic E-state index is 0.224. The van der Waals surface area contributed by atoms with E-state index in [0.717, 1.165) is 23.1 Å². The van der Waals surface area contributed by atoms with Crippen molar-refractivity contribution in [3.05, 3.63) is 76.0 Å². The van der Waals surface area contributed by atoms with E-state index in [1.165, 1.54) is 17.4 Å². The molecule has 4 rings (SSSR count). The summed E-state index contributed by atoms with van der Waals surface area (Å²) in [5.41, 5.74) is 7.13. The van der Waals surface area contributed by atoms with Crippen molar-refractivity contribution in [1.82, 2.24) is 4.98 Å². The van der Waals surface area contributed by atoms with Crippen LogP contribution in [0.3, 0.4) is 0 Å². The Morgan fingerprint density at radius 3 is 2.62 bits per heavy atom. The predicted molar refractivity (Wildman–Crippen MR) is 105 cm³/mol. The van der Waals surface area contributed by atoms with Gasteiger partial charge in [-0.1, -0.05) is 30.3 Å². The van der Waals surface area contributed by atoms with Gasteiger partial charge in [0.15, 0.2) is 0 Å². The number of furan rings is 1. The maximum Gasteiger partial charge on any atom is 0.416 e.